The third-order valence-electron chi connectivity index (χ3n) is 4.69. The van der Waals surface area contributed by atoms with Crippen molar-refractivity contribution in [3.05, 3.63) is 46.0 Å². The molecular weight excluding hydrogens is 354 g/mol. The summed E-state index contributed by atoms with van der Waals surface area (Å²) in [6.07, 6.45) is 0.332. The van der Waals surface area contributed by atoms with Crippen LogP contribution in [0.1, 0.15) is 35.3 Å². The number of rotatable bonds is 3. The van der Waals surface area contributed by atoms with E-state index in [2.05, 4.69) is 16.0 Å². The molecule has 6 nitrogen and oxygen atoms in total. The molecule has 2 aromatic carbocycles. The van der Waals surface area contributed by atoms with Crippen LogP contribution in [0.4, 0.5) is 17.1 Å². The van der Waals surface area contributed by atoms with Crippen molar-refractivity contribution in [2.45, 2.75) is 39.1 Å². The largest absolute Gasteiger partial charge is 0.486 e. The molecule has 2 heterocycles. The number of nitrogens with one attached hydrogen (secondary N) is 3. The summed E-state index contributed by atoms with van der Waals surface area (Å²) in [5, 5.41) is 20.2. The predicted octanol–water partition coefficient (Wildman–Crippen LogP) is 4.29. The van der Waals surface area contributed by atoms with Crippen molar-refractivity contribution in [2.24, 2.45) is 0 Å². The minimum Gasteiger partial charge on any atom is -0.486 e. The van der Waals surface area contributed by atoms with Crippen LogP contribution in [0, 0.1) is 6.92 Å². The van der Waals surface area contributed by atoms with Gasteiger partial charge < -0.3 is 25.8 Å². The maximum absolute atomic E-state index is 11.7. The number of carboxylic acids is 1. The highest BCUT2D eigenvalue weighted by molar-refractivity contribution is 6.33. The van der Waals surface area contributed by atoms with Crippen LogP contribution in [-0.4, -0.2) is 23.0 Å². The van der Waals surface area contributed by atoms with Crippen molar-refractivity contribution in [1.29, 1.82) is 0 Å². The quantitative estimate of drug-likeness (QED) is 0.642. The zero-order valence-electron chi connectivity index (χ0n) is 14.7. The average molecular weight is 374 g/mol. The molecule has 0 aromatic heterocycles. The van der Waals surface area contributed by atoms with Gasteiger partial charge in [-0.1, -0.05) is 23.7 Å². The zero-order chi connectivity index (χ0) is 18.6. The van der Waals surface area contributed by atoms with Gasteiger partial charge in [0.05, 0.1) is 22.1 Å². The van der Waals surface area contributed by atoms with Gasteiger partial charge in [-0.05, 0) is 38.5 Å². The lowest BCUT2D eigenvalue weighted by atomic mass is 9.98. The summed E-state index contributed by atoms with van der Waals surface area (Å²) >= 11 is 6.30. The Morgan fingerprint density at radius 1 is 1.38 bits per heavy atom. The van der Waals surface area contributed by atoms with Gasteiger partial charge >= 0.3 is 5.97 Å². The summed E-state index contributed by atoms with van der Waals surface area (Å²) in [5.41, 5.74) is 4.10. The molecule has 0 fully saturated rings. The van der Waals surface area contributed by atoms with E-state index in [1.54, 1.807) is 6.07 Å². The molecule has 7 heteroatoms. The lowest BCUT2D eigenvalue weighted by Crippen LogP contribution is -2.32. The van der Waals surface area contributed by atoms with Gasteiger partial charge in [0.25, 0.3) is 0 Å². The van der Waals surface area contributed by atoms with Gasteiger partial charge in [-0.15, -0.1) is 0 Å². The number of carbonyl (C=O) groups is 1. The van der Waals surface area contributed by atoms with Crippen LogP contribution in [0.3, 0.4) is 0 Å². The van der Waals surface area contributed by atoms with E-state index in [1.807, 2.05) is 39.0 Å². The summed E-state index contributed by atoms with van der Waals surface area (Å²) in [6.45, 7) is 5.89. The maximum atomic E-state index is 11.7. The van der Waals surface area contributed by atoms with Crippen molar-refractivity contribution in [3.8, 4) is 5.75 Å². The molecule has 0 saturated carbocycles. The van der Waals surface area contributed by atoms with Gasteiger partial charge in [-0.3, -0.25) is 0 Å². The van der Waals surface area contributed by atoms with Crippen LogP contribution in [0.2, 0.25) is 5.02 Å². The van der Waals surface area contributed by atoms with Crippen molar-refractivity contribution in [3.63, 3.8) is 0 Å². The lowest BCUT2D eigenvalue weighted by Gasteiger charge is -2.19. The van der Waals surface area contributed by atoms with E-state index in [1.165, 1.54) is 0 Å². The molecule has 1 atom stereocenters. The second-order valence-electron chi connectivity index (χ2n) is 7.30. The number of hydrogen-bond acceptors (Lipinski definition) is 5. The number of benzene rings is 2. The van der Waals surface area contributed by atoms with E-state index in [0.717, 1.165) is 28.2 Å². The Kier molecular flexibility index (Phi) is 3.70. The topological polar surface area (TPSA) is 82.6 Å². The summed E-state index contributed by atoms with van der Waals surface area (Å²) in [7, 11) is 0. The Bertz CT molecular complexity index is 906. The van der Waals surface area contributed by atoms with Gasteiger partial charge in [0, 0.05) is 12.0 Å². The number of carboxylic acid groups (broad SMARTS) is 1. The van der Waals surface area contributed by atoms with Crippen LogP contribution in [0.15, 0.2) is 24.3 Å². The number of fused-ring (bicyclic) bond motifs is 3. The number of para-hydroxylation sites is 1. The molecule has 0 saturated heterocycles. The smallest absolute Gasteiger partial charge is 0.339 e. The zero-order valence-corrected chi connectivity index (χ0v) is 15.5. The first-order chi connectivity index (χ1) is 12.2. The highest BCUT2D eigenvalue weighted by Gasteiger charge is 2.39. The third kappa shape index (κ3) is 2.70. The minimum absolute atomic E-state index is 0.174. The molecule has 0 aliphatic carbocycles. The van der Waals surface area contributed by atoms with E-state index < -0.39 is 11.6 Å². The summed E-state index contributed by atoms with van der Waals surface area (Å²) in [4.78, 5) is 11.7. The fourth-order valence-electron chi connectivity index (χ4n) is 3.55. The van der Waals surface area contributed by atoms with Crippen LogP contribution in [0.5, 0.6) is 5.75 Å². The number of aromatic carboxylic acids is 1. The fourth-order valence-corrected chi connectivity index (χ4v) is 3.83. The predicted molar refractivity (Wildman–Crippen MR) is 103 cm³/mol. The van der Waals surface area contributed by atoms with Crippen LogP contribution in [-0.2, 0) is 6.42 Å². The second-order valence-corrected chi connectivity index (χ2v) is 7.70. The van der Waals surface area contributed by atoms with Crippen molar-refractivity contribution >= 4 is 34.6 Å². The molecule has 0 bridgehead atoms. The van der Waals surface area contributed by atoms with Crippen LogP contribution >= 0.6 is 11.6 Å². The Morgan fingerprint density at radius 3 is 2.85 bits per heavy atom. The molecule has 1 unspecified atom stereocenters. The van der Waals surface area contributed by atoms with Gasteiger partial charge in [0.1, 0.15) is 16.9 Å². The van der Waals surface area contributed by atoms with Gasteiger partial charge in [-0.2, -0.15) is 0 Å². The number of halogens is 1. The Labute approximate surface area is 156 Å². The molecule has 0 spiro atoms. The monoisotopic (exact) mass is 373 g/mol. The molecule has 2 aliphatic rings. The minimum atomic E-state index is -0.998. The molecule has 4 N–H and O–H groups in total. The Balaban J connectivity index is 1.69. The maximum Gasteiger partial charge on any atom is 0.339 e. The highest BCUT2D eigenvalue weighted by atomic mass is 35.5. The van der Waals surface area contributed by atoms with Gasteiger partial charge in [0.2, 0.25) is 0 Å². The SMILES string of the molecule is Cc1cccc(Cl)c1NC1Nc2cc(C(=O)O)c3c(c2N1)CC(C)(C)O3. The van der Waals surface area contributed by atoms with Crippen molar-refractivity contribution in [1.82, 2.24) is 0 Å². The number of aryl methyl sites for hydroxylation is 1. The summed E-state index contributed by atoms with van der Waals surface area (Å²) in [5.74, 6) is -0.549. The average Bonchev–Trinajstić information content (AvgIpc) is 3.09. The first kappa shape index (κ1) is 16.8. The molecule has 2 aromatic rings. The summed E-state index contributed by atoms with van der Waals surface area (Å²) < 4.78 is 5.91. The molecular formula is C19H20ClN3O3. The van der Waals surface area contributed by atoms with Gasteiger partial charge in [0.15, 0.2) is 6.29 Å². The Morgan fingerprint density at radius 2 is 2.15 bits per heavy atom. The molecule has 4 rings (SSSR count). The van der Waals surface area contributed by atoms with E-state index >= 15 is 0 Å². The molecule has 0 radical (unpaired) electrons. The molecule has 136 valence electrons. The first-order valence-corrected chi connectivity index (χ1v) is 8.80. The Hall–Kier alpha value is -2.60. The summed E-state index contributed by atoms with van der Waals surface area (Å²) in [6, 6.07) is 7.33. The van der Waals surface area contributed by atoms with Crippen LogP contribution < -0.4 is 20.7 Å². The first-order valence-electron chi connectivity index (χ1n) is 8.42. The normalized spacial score (nSPS) is 19.0. The van der Waals surface area contributed by atoms with Gasteiger partial charge in [-0.25, -0.2) is 4.79 Å². The molecule has 0 amide bonds. The fraction of sp³-hybridized carbons (Fsp3) is 0.316. The molecule has 2 aliphatic heterocycles. The van der Waals surface area contributed by atoms with Crippen LogP contribution in [0.25, 0.3) is 0 Å². The van der Waals surface area contributed by atoms with Crippen molar-refractivity contribution < 1.29 is 14.6 Å². The van der Waals surface area contributed by atoms with E-state index in [9.17, 15) is 9.90 Å². The van der Waals surface area contributed by atoms with E-state index in [0.29, 0.717) is 17.2 Å². The third-order valence-corrected chi connectivity index (χ3v) is 5.00. The standard InChI is InChI=1S/C19H20ClN3O3/c1-9-5-4-6-12(20)14(9)22-18-21-13-7-10(17(24)25)16-11(15(13)23-18)8-19(2,3)26-16/h4-7,18,21-23H,8H2,1-3H3,(H,24,25). The number of ether oxygens (including phenoxy) is 1. The second kappa shape index (κ2) is 5.71. The van der Waals surface area contributed by atoms with Crippen molar-refractivity contribution in [2.75, 3.05) is 16.0 Å². The lowest BCUT2D eigenvalue weighted by molar-refractivity contribution is 0.0685. The highest BCUT2D eigenvalue weighted by Crippen LogP contribution is 2.47. The number of hydrogen-bond donors (Lipinski definition) is 4. The van der Waals surface area contributed by atoms with E-state index in [4.69, 9.17) is 16.3 Å². The van der Waals surface area contributed by atoms with E-state index in [-0.39, 0.29) is 11.9 Å². The number of anilines is 3. The molecule has 26 heavy (non-hydrogen) atoms.